The lowest BCUT2D eigenvalue weighted by molar-refractivity contribution is 0.0695. The summed E-state index contributed by atoms with van der Waals surface area (Å²) in [6.45, 7) is 4.11. The smallest absolute Gasteiger partial charge is 0.335 e. The van der Waals surface area contributed by atoms with Crippen molar-refractivity contribution in [3.8, 4) is 28.3 Å². The maximum absolute atomic E-state index is 11.5. The Morgan fingerprint density at radius 2 is 1.76 bits per heavy atom. The van der Waals surface area contributed by atoms with Crippen molar-refractivity contribution in [2.24, 2.45) is 0 Å². The van der Waals surface area contributed by atoms with E-state index in [2.05, 4.69) is 6.92 Å². The number of rotatable bonds is 8. The van der Waals surface area contributed by atoms with Crippen LogP contribution in [-0.2, 0) is 12.8 Å². The average Bonchev–Trinajstić information content (AvgIpc) is 2.77. The van der Waals surface area contributed by atoms with Gasteiger partial charge in [0.1, 0.15) is 5.75 Å². The fraction of sp³-hybridized carbons (Fsp3) is 0.292. The first-order chi connectivity index (χ1) is 14.1. The molecular formula is C24H26N2O3. The third-order valence-electron chi connectivity index (χ3n) is 4.96. The molecule has 1 aromatic heterocycles. The predicted octanol–water partition coefficient (Wildman–Crippen LogP) is 5.42. The summed E-state index contributed by atoms with van der Waals surface area (Å²) in [6, 6.07) is 13.1. The molecule has 0 spiro atoms. The molecule has 0 aliphatic carbocycles. The van der Waals surface area contributed by atoms with Gasteiger partial charge in [-0.3, -0.25) is 4.98 Å². The molecule has 0 saturated heterocycles. The number of aromatic nitrogens is 2. The number of carbonyl (C=O) groups is 1. The number of carboxylic acids is 1. The molecule has 3 rings (SSSR count). The van der Waals surface area contributed by atoms with E-state index in [1.54, 1.807) is 13.2 Å². The molecule has 1 N–H and O–H groups in total. The van der Waals surface area contributed by atoms with Crippen molar-refractivity contribution < 1.29 is 14.6 Å². The van der Waals surface area contributed by atoms with Gasteiger partial charge in [-0.05, 0) is 61.2 Å². The summed E-state index contributed by atoms with van der Waals surface area (Å²) >= 11 is 0. The van der Waals surface area contributed by atoms with Crippen LogP contribution in [0.5, 0.6) is 5.75 Å². The highest BCUT2D eigenvalue weighted by atomic mass is 16.5. The number of hydrogen-bond donors (Lipinski definition) is 1. The standard InChI is InChI=1S/C24H26N2O3/c1-4-6-7-19-15-25-22(17-8-11-20(29-3)12-9-17)23(26-19)18-10-13-21(24(27)28)16(5-2)14-18/h8-15H,4-7H2,1-3H3,(H,27,28). The molecule has 0 bridgehead atoms. The lowest BCUT2D eigenvalue weighted by Crippen LogP contribution is -2.03. The molecule has 0 unspecified atom stereocenters. The Kier molecular flexibility index (Phi) is 6.60. The van der Waals surface area contributed by atoms with Crippen LogP contribution >= 0.6 is 0 Å². The van der Waals surface area contributed by atoms with Gasteiger partial charge in [-0.2, -0.15) is 0 Å². The minimum absolute atomic E-state index is 0.331. The molecule has 29 heavy (non-hydrogen) atoms. The second kappa shape index (κ2) is 9.32. The van der Waals surface area contributed by atoms with E-state index in [-0.39, 0.29) is 0 Å². The van der Waals surface area contributed by atoms with E-state index in [0.29, 0.717) is 12.0 Å². The highest BCUT2D eigenvalue weighted by Crippen LogP contribution is 2.31. The van der Waals surface area contributed by atoms with Crippen molar-refractivity contribution >= 4 is 5.97 Å². The lowest BCUT2D eigenvalue weighted by Gasteiger charge is -2.13. The normalized spacial score (nSPS) is 10.7. The molecular weight excluding hydrogens is 364 g/mol. The maximum atomic E-state index is 11.5. The van der Waals surface area contributed by atoms with Crippen LogP contribution in [0.3, 0.4) is 0 Å². The zero-order valence-electron chi connectivity index (χ0n) is 17.1. The van der Waals surface area contributed by atoms with Crippen molar-refractivity contribution in [3.63, 3.8) is 0 Å². The number of nitrogens with zero attached hydrogens (tertiary/aromatic N) is 2. The quantitative estimate of drug-likeness (QED) is 0.556. The molecule has 150 valence electrons. The first-order valence-corrected chi connectivity index (χ1v) is 9.94. The Bertz CT molecular complexity index is 998. The van der Waals surface area contributed by atoms with Gasteiger partial charge in [-0.1, -0.05) is 26.3 Å². The van der Waals surface area contributed by atoms with Crippen LogP contribution in [0.1, 0.15) is 48.3 Å². The van der Waals surface area contributed by atoms with Crippen molar-refractivity contribution in [1.82, 2.24) is 9.97 Å². The van der Waals surface area contributed by atoms with Gasteiger partial charge in [0.25, 0.3) is 0 Å². The predicted molar refractivity (Wildman–Crippen MR) is 114 cm³/mol. The van der Waals surface area contributed by atoms with E-state index in [4.69, 9.17) is 14.7 Å². The Morgan fingerprint density at radius 1 is 1.03 bits per heavy atom. The Balaban J connectivity index is 2.14. The minimum Gasteiger partial charge on any atom is -0.497 e. The summed E-state index contributed by atoms with van der Waals surface area (Å²) in [5.41, 5.74) is 5.43. The number of aryl methyl sites for hydroxylation is 2. The molecule has 5 nitrogen and oxygen atoms in total. The molecule has 0 aliphatic heterocycles. The fourth-order valence-corrected chi connectivity index (χ4v) is 3.31. The van der Waals surface area contributed by atoms with Gasteiger partial charge in [-0.25, -0.2) is 9.78 Å². The van der Waals surface area contributed by atoms with E-state index < -0.39 is 5.97 Å². The molecule has 5 heteroatoms. The van der Waals surface area contributed by atoms with Gasteiger partial charge in [0.05, 0.1) is 29.8 Å². The molecule has 2 aromatic carbocycles. The second-order valence-corrected chi connectivity index (χ2v) is 6.92. The third kappa shape index (κ3) is 4.62. The van der Waals surface area contributed by atoms with E-state index in [1.165, 1.54) is 0 Å². The summed E-state index contributed by atoms with van der Waals surface area (Å²) in [4.78, 5) is 21.1. The number of unbranched alkanes of at least 4 members (excludes halogenated alkanes) is 1. The molecule has 0 aliphatic rings. The largest absolute Gasteiger partial charge is 0.497 e. The van der Waals surface area contributed by atoms with E-state index in [9.17, 15) is 9.90 Å². The van der Waals surface area contributed by atoms with Gasteiger partial charge in [0.15, 0.2) is 0 Å². The van der Waals surface area contributed by atoms with Crippen LogP contribution in [-0.4, -0.2) is 28.2 Å². The monoisotopic (exact) mass is 390 g/mol. The highest BCUT2D eigenvalue weighted by molar-refractivity contribution is 5.91. The molecule has 1 heterocycles. The zero-order chi connectivity index (χ0) is 20.8. The summed E-state index contributed by atoms with van der Waals surface area (Å²) < 4.78 is 5.26. The maximum Gasteiger partial charge on any atom is 0.335 e. The topological polar surface area (TPSA) is 72.3 Å². The highest BCUT2D eigenvalue weighted by Gasteiger charge is 2.16. The Hall–Kier alpha value is -3.21. The number of hydrogen-bond acceptors (Lipinski definition) is 4. The first kappa shape index (κ1) is 20.5. The molecule has 0 fully saturated rings. The number of ether oxygens (including phenoxy) is 1. The van der Waals surface area contributed by atoms with Gasteiger partial charge in [0.2, 0.25) is 0 Å². The van der Waals surface area contributed by atoms with E-state index in [0.717, 1.165) is 58.8 Å². The van der Waals surface area contributed by atoms with Crippen molar-refractivity contribution in [1.29, 1.82) is 0 Å². The van der Waals surface area contributed by atoms with Crippen LogP contribution in [0.25, 0.3) is 22.5 Å². The Morgan fingerprint density at radius 3 is 2.38 bits per heavy atom. The summed E-state index contributed by atoms with van der Waals surface area (Å²) in [5.74, 6) is -0.131. The minimum atomic E-state index is -0.911. The first-order valence-electron chi connectivity index (χ1n) is 9.94. The SMILES string of the molecule is CCCCc1cnc(-c2ccc(OC)cc2)c(-c2ccc(C(=O)O)c(CC)c2)n1. The lowest BCUT2D eigenvalue weighted by atomic mass is 9.97. The number of carboxylic acid groups (broad SMARTS) is 1. The van der Waals surface area contributed by atoms with Crippen molar-refractivity contribution in [2.45, 2.75) is 39.5 Å². The third-order valence-corrected chi connectivity index (χ3v) is 4.96. The molecule has 0 radical (unpaired) electrons. The van der Waals surface area contributed by atoms with Crippen molar-refractivity contribution in [2.75, 3.05) is 7.11 Å². The van der Waals surface area contributed by atoms with Crippen LogP contribution in [0, 0.1) is 0 Å². The fourth-order valence-electron chi connectivity index (χ4n) is 3.31. The number of methoxy groups -OCH3 is 1. The van der Waals surface area contributed by atoms with Crippen LogP contribution in [0.2, 0.25) is 0 Å². The Labute approximate surface area is 171 Å². The molecule has 0 saturated carbocycles. The van der Waals surface area contributed by atoms with Crippen LogP contribution < -0.4 is 4.74 Å². The van der Waals surface area contributed by atoms with Crippen molar-refractivity contribution in [3.05, 3.63) is 65.5 Å². The van der Waals surface area contributed by atoms with Crippen LogP contribution in [0.15, 0.2) is 48.7 Å². The van der Waals surface area contributed by atoms with Gasteiger partial charge >= 0.3 is 5.97 Å². The van der Waals surface area contributed by atoms with E-state index >= 15 is 0 Å². The summed E-state index contributed by atoms with van der Waals surface area (Å²) in [7, 11) is 1.64. The number of benzene rings is 2. The molecule has 0 amide bonds. The van der Waals surface area contributed by atoms with Gasteiger partial charge in [-0.15, -0.1) is 0 Å². The van der Waals surface area contributed by atoms with E-state index in [1.807, 2.05) is 49.5 Å². The van der Waals surface area contributed by atoms with Gasteiger partial charge < -0.3 is 9.84 Å². The van der Waals surface area contributed by atoms with Gasteiger partial charge in [0, 0.05) is 17.3 Å². The average molecular weight is 390 g/mol. The second-order valence-electron chi connectivity index (χ2n) is 6.92. The van der Waals surface area contributed by atoms with Crippen LogP contribution in [0.4, 0.5) is 0 Å². The summed E-state index contributed by atoms with van der Waals surface area (Å²) in [5, 5.41) is 9.44. The molecule has 3 aromatic rings. The number of aromatic carboxylic acids is 1. The zero-order valence-corrected chi connectivity index (χ0v) is 17.1. The summed E-state index contributed by atoms with van der Waals surface area (Å²) in [6.07, 6.45) is 5.48. The molecule has 0 atom stereocenters.